The van der Waals surface area contributed by atoms with Crippen LogP contribution < -0.4 is 4.72 Å². The molecule has 1 atom stereocenters. The minimum Gasteiger partial charge on any atom is -0.392 e. The lowest BCUT2D eigenvalue weighted by Gasteiger charge is -2.08. The number of hydrogen-bond acceptors (Lipinski definition) is 4. The number of nitrogens with zero attached hydrogens (tertiary/aromatic N) is 1. The summed E-state index contributed by atoms with van der Waals surface area (Å²) in [6.07, 6.45) is -0.717. The van der Waals surface area contributed by atoms with Gasteiger partial charge >= 0.3 is 0 Å². The molecule has 0 aliphatic heterocycles. The Labute approximate surface area is 101 Å². The average molecular weight is 254 g/mol. The van der Waals surface area contributed by atoms with Crippen molar-refractivity contribution < 1.29 is 13.5 Å². The molecule has 0 aliphatic carbocycles. The summed E-state index contributed by atoms with van der Waals surface area (Å²) in [5.74, 6) is -0.161. The predicted octanol–water partition coefficient (Wildman–Crippen LogP) is 0.358. The molecule has 0 saturated heterocycles. The van der Waals surface area contributed by atoms with Gasteiger partial charge in [-0.15, -0.1) is 0 Å². The predicted molar refractivity (Wildman–Crippen MR) is 63.5 cm³/mol. The second-order valence-corrected chi connectivity index (χ2v) is 5.57. The Bertz CT molecular complexity index is 501. The lowest BCUT2D eigenvalue weighted by Crippen LogP contribution is -2.31. The van der Waals surface area contributed by atoms with Crippen molar-refractivity contribution in [3.63, 3.8) is 0 Å². The summed E-state index contributed by atoms with van der Waals surface area (Å²) in [5, 5.41) is 17.6. The maximum Gasteiger partial charge on any atom is 0.215 e. The monoisotopic (exact) mass is 254 g/mol. The molecule has 0 aliphatic rings. The summed E-state index contributed by atoms with van der Waals surface area (Å²) in [4.78, 5) is 0. The Morgan fingerprint density at radius 2 is 2.00 bits per heavy atom. The minimum atomic E-state index is -3.44. The van der Waals surface area contributed by atoms with Gasteiger partial charge in [-0.25, -0.2) is 13.1 Å². The number of nitrogens with one attached hydrogen (secondary N) is 1. The summed E-state index contributed by atoms with van der Waals surface area (Å²) in [5.41, 5.74) is 1.09. The Hall–Kier alpha value is -1.42. The van der Waals surface area contributed by atoms with Crippen molar-refractivity contribution in [2.24, 2.45) is 0 Å². The largest absolute Gasteiger partial charge is 0.392 e. The second-order valence-electron chi connectivity index (χ2n) is 3.77. The van der Waals surface area contributed by atoms with Crippen LogP contribution in [0.2, 0.25) is 0 Å². The van der Waals surface area contributed by atoms with Crippen LogP contribution in [0.3, 0.4) is 0 Å². The van der Waals surface area contributed by atoms with Gasteiger partial charge in [-0.1, -0.05) is 12.1 Å². The smallest absolute Gasteiger partial charge is 0.215 e. The number of aliphatic hydroxyl groups excluding tert-OH is 1. The van der Waals surface area contributed by atoms with Gasteiger partial charge in [0.15, 0.2) is 0 Å². The van der Waals surface area contributed by atoms with Crippen molar-refractivity contribution in [1.29, 1.82) is 5.26 Å². The van der Waals surface area contributed by atoms with Gasteiger partial charge in [-0.05, 0) is 24.6 Å². The first-order valence-electron chi connectivity index (χ1n) is 5.07. The van der Waals surface area contributed by atoms with Gasteiger partial charge < -0.3 is 5.11 Å². The molecule has 0 aromatic heterocycles. The van der Waals surface area contributed by atoms with E-state index in [1.54, 1.807) is 24.3 Å². The molecule has 0 radical (unpaired) electrons. The van der Waals surface area contributed by atoms with Crippen molar-refractivity contribution >= 4 is 10.0 Å². The quantitative estimate of drug-likeness (QED) is 0.793. The first-order chi connectivity index (χ1) is 7.93. The van der Waals surface area contributed by atoms with E-state index < -0.39 is 16.1 Å². The molecular weight excluding hydrogens is 240 g/mol. The van der Waals surface area contributed by atoms with Crippen molar-refractivity contribution in [3.05, 3.63) is 35.4 Å². The van der Waals surface area contributed by atoms with Crippen LogP contribution in [-0.4, -0.2) is 26.2 Å². The molecule has 0 spiro atoms. The fourth-order valence-electron chi connectivity index (χ4n) is 1.19. The highest BCUT2D eigenvalue weighted by Crippen LogP contribution is 2.07. The van der Waals surface area contributed by atoms with Gasteiger partial charge in [0.2, 0.25) is 10.0 Å². The van der Waals surface area contributed by atoms with E-state index in [0.29, 0.717) is 11.1 Å². The van der Waals surface area contributed by atoms with E-state index in [0.717, 1.165) is 0 Å². The normalized spacial score (nSPS) is 13.0. The molecule has 5 nitrogen and oxygen atoms in total. The average Bonchev–Trinajstić information content (AvgIpc) is 2.27. The van der Waals surface area contributed by atoms with Crippen LogP contribution in [0, 0.1) is 11.3 Å². The van der Waals surface area contributed by atoms with Gasteiger partial charge in [0.1, 0.15) is 0 Å². The van der Waals surface area contributed by atoms with Gasteiger partial charge in [-0.2, -0.15) is 5.26 Å². The topological polar surface area (TPSA) is 90.2 Å². The van der Waals surface area contributed by atoms with Gasteiger partial charge in [0.25, 0.3) is 0 Å². The Morgan fingerprint density at radius 1 is 1.41 bits per heavy atom. The lowest BCUT2D eigenvalue weighted by molar-refractivity contribution is 0.198. The molecule has 1 aromatic rings. The number of nitriles is 1. The molecule has 0 unspecified atom stereocenters. The van der Waals surface area contributed by atoms with Crippen LogP contribution in [0.1, 0.15) is 18.1 Å². The summed E-state index contributed by atoms with van der Waals surface area (Å²) < 4.78 is 25.4. The third-order valence-corrected chi connectivity index (χ3v) is 3.36. The van der Waals surface area contributed by atoms with Gasteiger partial charge in [0, 0.05) is 6.54 Å². The maximum absolute atomic E-state index is 11.6. The summed E-state index contributed by atoms with van der Waals surface area (Å²) >= 11 is 0. The molecule has 0 fully saturated rings. The van der Waals surface area contributed by atoms with Crippen LogP contribution in [-0.2, 0) is 15.8 Å². The standard InChI is InChI=1S/C11H14N2O3S/c1-9(14)7-13-17(15,16)8-11-4-2-10(6-12)3-5-11/h2-5,9,13-14H,7-8H2,1H3/t9-/m0/s1. The third-order valence-electron chi connectivity index (χ3n) is 2.04. The molecule has 17 heavy (non-hydrogen) atoms. The molecule has 0 amide bonds. The van der Waals surface area contributed by atoms with Gasteiger partial charge in [-0.3, -0.25) is 0 Å². The van der Waals surface area contributed by atoms with Crippen LogP contribution in [0.15, 0.2) is 24.3 Å². The highest BCUT2D eigenvalue weighted by Gasteiger charge is 2.11. The van der Waals surface area contributed by atoms with E-state index in [1.165, 1.54) is 6.92 Å². The van der Waals surface area contributed by atoms with Crippen molar-refractivity contribution in [1.82, 2.24) is 4.72 Å². The first kappa shape index (κ1) is 13.6. The zero-order chi connectivity index (χ0) is 12.9. The Morgan fingerprint density at radius 3 is 2.47 bits per heavy atom. The molecule has 0 saturated carbocycles. The molecule has 92 valence electrons. The molecule has 0 heterocycles. The summed E-state index contributed by atoms with van der Waals surface area (Å²) in [6, 6.07) is 8.29. The second kappa shape index (κ2) is 5.77. The Balaban J connectivity index is 2.67. The zero-order valence-corrected chi connectivity index (χ0v) is 10.2. The number of benzene rings is 1. The SMILES string of the molecule is C[C@H](O)CNS(=O)(=O)Cc1ccc(C#N)cc1. The summed E-state index contributed by atoms with van der Waals surface area (Å²) in [6.45, 7) is 1.50. The van der Waals surface area contributed by atoms with E-state index in [1.807, 2.05) is 6.07 Å². The fraction of sp³-hybridized carbons (Fsp3) is 0.364. The van der Waals surface area contributed by atoms with Crippen LogP contribution in [0.4, 0.5) is 0 Å². The molecule has 1 aromatic carbocycles. The van der Waals surface area contributed by atoms with E-state index >= 15 is 0 Å². The lowest BCUT2D eigenvalue weighted by atomic mass is 10.2. The van der Waals surface area contributed by atoms with E-state index in [4.69, 9.17) is 10.4 Å². The number of aliphatic hydroxyl groups is 1. The van der Waals surface area contributed by atoms with E-state index in [9.17, 15) is 8.42 Å². The number of sulfonamides is 1. The van der Waals surface area contributed by atoms with E-state index in [2.05, 4.69) is 4.72 Å². The highest BCUT2D eigenvalue weighted by molar-refractivity contribution is 7.88. The number of hydrogen-bond donors (Lipinski definition) is 2. The van der Waals surface area contributed by atoms with Crippen LogP contribution in [0.25, 0.3) is 0 Å². The fourth-order valence-corrected chi connectivity index (χ4v) is 2.42. The van der Waals surface area contributed by atoms with Gasteiger partial charge in [0.05, 0.1) is 23.5 Å². The highest BCUT2D eigenvalue weighted by atomic mass is 32.2. The van der Waals surface area contributed by atoms with Crippen molar-refractivity contribution in [2.45, 2.75) is 18.8 Å². The Kier molecular flexibility index (Phi) is 4.63. The zero-order valence-electron chi connectivity index (χ0n) is 9.42. The molecule has 2 N–H and O–H groups in total. The molecule has 6 heteroatoms. The van der Waals surface area contributed by atoms with Crippen LogP contribution in [0.5, 0.6) is 0 Å². The summed E-state index contributed by atoms with van der Waals surface area (Å²) in [7, 11) is -3.44. The molecule has 1 rings (SSSR count). The van der Waals surface area contributed by atoms with E-state index in [-0.39, 0.29) is 12.3 Å². The molecular formula is C11H14N2O3S. The molecule has 0 bridgehead atoms. The first-order valence-corrected chi connectivity index (χ1v) is 6.72. The maximum atomic E-state index is 11.6. The van der Waals surface area contributed by atoms with Crippen molar-refractivity contribution in [3.8, 4) is 6.07 Å². The van der Waals surface area contributed by atoms with Crippen molar-refractivity contribution in [2.75, 3.05) is 6.54 Å². The minimum absolute atomic E-state index is 0.00138. The van der Waals surface area contributed by atoms with Crippen LogP contribution >= 0.6 is 0 Å². The third kappa shape index (κ3) is 4.95. The number of rotatable bonds is 5.